The van der Waals surface area contributed by atoms with Crippen LogP contribution < -0.4 is 16.4 Å². The van der Waals surface area contributed by atoms with Crippen LogP contribution in [0.2, 0.25) is 0 Å². The summed E-state index contributed by atoms with van der Waals surface area (Å²) in [4.78, 5) is 23.5. The highest BCUT2D eigenvalue weighted by molar-refractivity contribution is 5.97. The van der Waals surface area contributed by atoms with E-state index in [0.717, 1.165) is 6.42 Å². The Hall–Kier alpha value is -1.88. The molecule has 104 valence electrons. The first-order chi connectivity index (χ1) is 9.04. The van der Waals surface area contributed by atoms with E-state index in [-0.39, 0.29) is 11.8 Å². The van der Waals surface area contributed by atoms with Crippen LogP contribution in [0.3, 0.4) is 0 Å². The topological polar surface area (TPSA) is 84.2 Å². The standard InChI is InChI=1S/C14H21N3O2/c1-3-7-12(15)14(19)16-10(2)13(18)17-11-8-5-4-6-9-11/h4-6,8-10,12H,3,7,15H2,1-2H3,(H,16,19)(H,17,18). The van der Waals surface area contributed by atoms with E-state index in [1.54, 1.807) is 19.1 Å². The Morgan fingerprint density at radius 2 is 1.84 bits per heavy atom. The molecule has 0 spiro atoms. The highest BCUT2D eigenvalue weighted by Crippen LogP contribution is 2.05. The van der Waals surface area contributed by atoms with E-state index >= 15 is 0 Å². The van der Waals surface area contributed by atoms with Crippen molar-refractivity contribution in [3.05, 3.63) is 30.3 Å². The third-order valence-corrected chi connectivity index (χ3v) is 2.73. The van der Waals surface area contributed by atoms with Crippen molar-refractivity contribution in [1.82, 2.24) is 5.32 Å². The van der Waals surface area contributed by atoms with Gasteiger partial charge in [-0.1, -0.05) is 31.5 Å². The zero-order chi connectivity index (χ0) is 14.3. The maximum atomic E-state index is 11.9. The second-order valence-corrected chi connectivity index (χ2v) is 4.48. The van der Waals surface area contributed by atoms with Crippen LogP contribution in [0, 0.1) is 0 Å². The van der Waals surface area contributed by atoms with Gasteiger partial charge in [-0.15, -0.1) is 0 Å². The monoisotopic (exact) mass is 263 g/mol. The quantitative estimate of drug-likeness (QED) is 0.722. The zero-order valence-electron chi connectivity index (χ0n) is 11.3. The van der Waals surface area contributed by atoms with Gasteiger partial charge in [0.2, 0.25) is 11.8 Å². The Labute approximate surface area is 113 Å². The third kappa shape index (κ3) is 5.09. The zero-order valence-corrected chi connectivity index (χ0v) is 11.3. The molecule has 5 heteroatoms. The molecule has 0 heterocycles. The van der Waals surface area contributed by atoms with Crippen LogP contribution in [-0.4, -0.2) is 23.9 Å². The molecule has 0 aliphatic heterocycles. The van der Waals surface area contributed by atoms with Crippen molar-refractivity contribution >= 4 is 17.5 Å². The van der Waals surface area contributed by atoms with E-state index in [4.69, 9.17) is 5.73 Å². The average Bonchev–Trinajstić information content (AvgIpc) is 2.40. The van der Waals surface area contributed by atoms with E-state index in [0.29, 0.717) is 12.1 Å². The van der Waals surface area contributed by atoms with Gasteiger partial charge in [0, 0.05) is 5.69 Å². The first-order valence-corrected chi connectivity index (χ1v) is 6.46. The van der Waals surface area contributed by atoms with Crippen LogP contribution in [0.4, 0.5) is 5.69 Å². The first-order valence-electron chi connectivity index (χ1n) is 6.46. The molecule has 1 rings (SSSR count). The maximum Gasteiger partial charge on any atom is 0.246 e. The van der Waals surface area contributed by atoms with Crippen molar-refractivity contribution in [2.24, 2.45) is 5.73 Å². The fourth-order valence-corrected chi connectivity index (χ4v) is 1.60. The van der Waals surface area contributed by atoms with Gasteiger partial charge in [-0.25, -0.2) is 0 Å². The Bertz CT molecular complexity index is 420. The van der Waals surface area contributed by atoms with E-state index in [2.05, 4.69) is 10.6 Å². The highest BCUT2D eigenvalue weighted by atomic mass is 16.2. The average molecular weight is 263 g/mol. The molecule has 1 aromatic carbocycles. The lowest BCUT2D eigenvalue weighted by atomic mass is 10.1. The predicted octanol–water partition coefficient (Wildman–Crippen LogP) is 1.26. The molecule has 0 saturated heterocycles. The number of para-hydroxylation sites is 1. The molecule has 2 atom stereocenters. The van der Waals surface area contributed by atoms with Crippen LogP contribution in [-0.2, 0) is 9.59 Å². The number of rotatable bonds is 6. The minimum absolute atomic E-state index is 0.261. The maximum absolute atomic E-state index is 11.9. The summed E-state index contributed by atoms with van der Waals surface area (Å²) in [7, 11) is 0. The summed E-state index contributed by atoms with van der Waals surface area (Å²) in [6.07, 6.45) is 1.44. The van der Waals surface area contributed by atoms with Gasteiger partial charge in [0.25, 0.3) is 0 Å². The van der Waals surface area contributed by atoms with Crippen molar-refractivity contribution in [2.45, 2.75) is 38.8 Å². The summed E-state index contributed by atoms with van der Waals surface area (Å²) in [6.45, 7) is 3.59. The van der Waals surface area contributed by atoms with Gasteiger partial charge in [-0.2, -0.15) is 0 Å². The number of carbonyl (C=O) groups is 2. The fourth-order valence-electron chi connectivity index (χ4n) is 1.60. The van der Waals surface area contributed by atoms with Crippen molar-refractivity contribution in [3.8, 4) is 0 Å². The lowest BCUT2D eigenvalue weighted by molar-refractivity contribution is -0.127. The molecule has 0 fully saturated rings. The molecule has 0 aromatic heterocycles. The minimum atomic E-state index is -0.615. The Kier molecular flexibility index (Phi) is 6.02. The minimum Gasteiger partial charge on any atom is -0.343 e. The lowest BCUT2D eigenvalue weighted by Gasteiger charge is -2.17. The Morgan fingerprint density at radius 3 is 2.42 bits per heavy atom. The van der Waals surface area contributed by atoms with Gasteiger partial charge in [0.05, 0.1) is 6.04 Å². The number of benzene rings is 1. The van der Waals surface area contributed by atoms with Crippen LogP contribution >= 0.6 is 0 Å². The summed E-state index contributed by atoms with van der Waals surface area (Å²) in [5.74, 6) is -0.555. The summed E-state index contributed by atoms with van der Waals surface area (Å²) in [5, 5.41) is 5.33. The first kappa shape index (κ1) is 15.2. The van der Waals surface area contributed by atoms with Crippen molar-refractivity contribution < 1.29 is 9.59 Å². The number of anilines is 1. The summed E-state index contributed by atoms with van der Waals surface area (Å²) < 4.78 is 0. The normalized spacial score (nSPS) is 13.4. The molecule has 0 aliphatic carbocycles. The molecular formula is C14H21N3O2. The number of hydrogen-bond acceptors (Lipinski definition) is 3. The summed E-state index contributed by atoms with van der Waals surface area (Å²) in [6, 6.07) is 7.92. The number of nitrogens with one attached hydrogen (secondary N) is 2. The smallest absolute Gasteiger partial charge is 0.246 e. The number of carbonyl (C=O) groups excluding carboxylic acids is 2. The second kappa shape index (κ2) is 7.53. The molecule has 5 nitrogen and oxygen atoms in total. The molecular weight excluding hydrogens is 242 g/mol. The number of nitrogens with two attached hydrogens (primary N) is 1. The van der Waals surface area contributed by atoms with E-state index in [1.807, 2.05) is 25.1 Å². The largest absolute Gasteiger partial charge is 0.343 e. The molecule has 19 heavy (non-hydrogen) atoms. The molecule has 0 radical (unpaired) electrons. The molecule has 1 aromatic rings. The highest BCUT2D eigenvalue weighted by Gasteiger charge is 2.19. The molecule has 4 N–H and O–H groups in total. The molecule has 0 bridgehead atoms. The van der Waals surface area contributed by atoms with Gasteiger partial charge in [-0.3, -0.25) is 9.59 Å². The van der Waals surface area contributed by atoms with Gasteiger partial charge in [0.15, 0.2) is 0 Å². The second-order valence-electron chi connectivity index (χ2n) is 4.48. The number of amides is 2. The fraction of sp³-hybridized carbons (Fsp3) is 0.429. The van der Waals surface area contributed by atoms with Crippen molar-refractivity contribution in [2.75, 3.05) is 5.32 Å². The van der Waals surface area contributed by atoms with Gasteiger partial charge < -0.3 is 16.4 Å². The van der Waals surface area contributed by atoms with Gasteiger partial charge in [-0.05, 0) is 25.5 Å². The number of hydrogen-bond donors (Lipinski definition) is 3. The van der Waals surface area contributed by atoms with E-state index in [1.165, 1.54) is 0 Å². The Morgan fingerprint density at radius 1 is 1.21 bits per heavy atom. The van der Waals surface area contributed by atoms with Crippen LogP contribution in [0.25, 0.3) is 0 Å². The molecule has 2 unspecified atom stereocenters. The van der Waals surface area contributed by atoms with Crippen molar-refractivity contribution in [1.29, 1.82) is 0 Å². The van der Waals surface area contributed by atoms with Crippen molar-refractivity contribution in [3.63, 3.8) is 0 Å². The molecule has 0 aliphatic rings. The summed E-state index contributed by atoms with van der Waals surface area (Å²) >= 11 is 0. The van der Waals surface area contributed by atoms with Crippen LogP contribution in [0.15, 0.2) is 30.3 Å². The molecule has 0 saturated carbocycles. The van der Waals surface area contributed by atoms with Crippen LogP contribution in [0.5, 0.6) is 0 Å². The predicted molar refractivity (Wildman–Crippen MR) is 75.6 cm³/mol. The van der Waals surface area contributed by atoms with E-state index < -0.39 is 12.1 Å². The van der Waals surface area contributed by atoms with Gasteiger partial charge in [0.1, 0.15) is 6.04 Å². The van der Waals surface area contributed by atoms with Crippen LogP contribution in [0.1, 0.15) is 26.7 Å². The van der Waals surface area contributed by atoms with E-state index in [9.17, 15) is 9.59 Å². The Balaban J connectivity index is 2.47. The SMILES string of the molecule is CCCC(N)C(=O)NC(C)C(=O)Nc1ccccc1. The summed E-state index contributed by atoms with van der Waals surface area (Å²) in [5.41, 5.74) is 6.39. The molecule has 2 amide bonds. The lowest BCUT2D eigenvalue weighted by Crippen LogP contribution is -2.48. The third-order valence-electron chi connectivity index (χ3n) is 2.73. The van der Waals surface area contributed by atoms with Gasteiger partial charge >= 0.3 is 0 Å².